The summed E-state index contributed by atoms with van der Waals surface area (Å²) in [6.07, 6.45) is 5.14. The zero-order valence-electron chi connectivity index (χ0n) is 12.9. The molecular formula is C15H27N3OS. The summed E-state index contributed by atoms with van der Waals surface area (Å²) in [4.78, 5) is 18.3. The predicted octanol–water partition coefficient (Wildman–Crippen LogP) is 2.50. The molecule has 1 saturated carbocycles. The van der Waals surface area contributed by atoms with Gasteiger partial charge in [-0.15, -0.1) is 0 Å². The molecule has 2 rings (SSSR count). The van der Waals surface area contributed by atoms with E-state index in [0.29, 0.717) is 0 Å². The first-order valence-electron chi connectivity index (χ1n) is 7.82. The van der Waals surface area contributed by atoms with Crippen LogP contribution in [0.2, 0.25) is 0 Å². The second kappa shape index (κ2) is 6.83. The summed E-state index contributed by atoms with van der Waals surface area (Å²) in [5, 5.41) is 4.58. The molecule has 2 unspecified atom stereocenters. The summed E-state index contributed by atoms with van der Waals surface area (Å²) in [5.41, 5.74) is 0.249. The van der Waals surface area contributed by atoms with Crippen molar-refractivity contribution in [3.05, 3.63) is 0 Å². The van der Waals surface area contributed by atoms with Crippen LogP contribution in [0.25, 0.3) is 0 Å². The molecule has 114 valence electrons. The second-order valence-corrected chi connectivity index (χ2v) is 7.05. The maximum atomic E-state index is 12.0. The van der Waals surface area contributed by atoms with Crippen molar-refractivity contribution >= 4 is 22.8 Å². The largest absolute Gasteiger partial charge is 0.359 e. The molecule has 0 aromatic heterocycles. The lowest BCUT2D eigenvalue weighted by atomic mass is 9.78. The molecule has 0 aromatic carbocycles. The molecule has 2 atom stereocenters. The first-order valence-corrected chi connectivity index (χ1v) is 8.80. The number of thioether (sulfide) groups is 1. The molecule has 20 heavy (non-hydrogen) atoms. The van der Waals surface area contributed by atoms with Gasteiger partial charge in [-0.3, -0.25) is 9.79 Å². The third-order valence-corrected chi connectivity index (χ3v) is 5.62. The minimum Gasteiger partial charge on any atom is -0.359 e. The minimum atomic E-state index is 0.128. The summed E-state index contributed by atoms with van der Waals surface area (Å²) in [7, 11) is 0. The number of carbonyl (C=O) groups excluding carboxylic acids is 1. The Labute approximate surface area is 126 Å². The Morgan fingerprint density at radius 1 is 1.50 bits per heavy atom. The van der Waals surface area contributed by atoms with E-state index in [1.807, 2.05) is 18.7 Å². The monoisotopic (exact) mass is 297 g/mol. The van der Waals surface area contributed by atoms with E-state index in [2.05, 4.69) is 17.2 Å². The van der Waals surface area contributed by atoms with Gasteiger partial charge in [-0.25, -0.2) is 0 Å². The Hall–Kier alpha value is -0.710. The fourth-order valence-corrected chi connectivity index (χ4v) is 4.50. The average molecular weight is 297 g/mol. The third kappa shape index (κ3) is 3.68. The molecule has 5 heteroatoms. The minimum absolute atomic E-state index is 0.128. The Morgan fingerprint density at radius 3 is 2.90 bits per heavy atom. The third-order valence-electron chi connectivity index (χ3n) is 4.42. The Balaban J connectivity index is 1.89. The van der Waals surface area contributed by atoms with Crippen molar-refractivity contribution in [1.29, 1.82) is 0 Å². The number of rotatable bonds is 4. The number of hydrogen-bond donors (Lipinski definition) is 1. The summed E-state index contributed by atoms with van der Waals surface area (Å²) in [5.74, 6) is 2.03. The van der Waals surface area contributed by atoms with Crippen LogP contribution in [0.3, 0.4) is 0 Å². The van der Waals surface area contributed by atoms with Crippen molar-refractivity contribution < 1.29 is 4.79 Å². The first kappa shape index (κ1) is 15.7. The lowest BCUT2D eigenvalue weighted by Crippen LogP contribution is -2.47. The SMILES string of the molecule is CCN(CC)C(=O)CN=C1NC2(CCCC(C)C2)CS1. The van der Waals surface area contributed by atoms with Gasteiger partial charge in [0.2, 0.25) is 5.91 Å². The van der Waals surface area contributed by atoms with E-state index in [4.69, 9.17) is 0 Å². The summed E-state index contributed by atoms with van der Waals surface area (Å²) < 4.78 is 0. The molecule has 1 heterocycles. The van der Waals surface area contributed by atoms with Crippen LogP contribution in [0.5, 0.6) is 0 Å². The van der Waals surface area contributed by atoms with Crippen LogP contribution in [0.15, 0.2) is 4.99 Å². The number of nitrogens with one attached hydrogen (secondary N) is 1. The molecule has 1 amide bonds. The number of amidine groups is 1. The normalized spacial score (nSPS) is 31.6. The zero-order valence-corrected chi connectivity index (χ0v) is 13.8. The molecule has 1 spiro atoms. The smallest absolute Gasteiger partial charge is 0.244 e. The van der Waals surface area contributed by atoms with Gasteiger partial charge in [0.1, 0.15) is 6.54 Å². The highest BCUT2D eigenvalue weighted by Crippen LogP contribution is 2.38. The van der Waals surface area contributed by atoms with Gasteiger partial charge in [-0.05, 0) is 32.6 Å². The Morgan fingerprint density at radius 2 is 2.25 bits per heavy atom. The highest BCUT2D eigenvalue weighted by Gasteiger charge is 2.40. The molecular weight excluding hydrogens is 270 g/mol. The van der Waals surface area contributed by atoms with Gasteiger partial charge in [-0.1, -0.05) is 31.5 Å². The van der Waals surface area contributed by atoms with E-state index < -0.39 is 0 Å². The molecule has 1 aliphatic carbocycles. The van der Waals surface area contributed by atoms with Crippen LogP contribution in [0.4, 0.5) is 0 Å². The van der Waals surface area contributed by atoms with Gasteiger partial charge < -0.3 is 10.2 Å². The summed E-state index contributed by atoms with van der Waals surface area (Å²) in [6, 6.07) is 0. The molecule has 4 nitrogen and oxygen atoms in total. The van der Waals surface area contributed by atoms with Gasteiger partial charge in [-0.2, -0.15) is 0 Å². The van der Waals surface area contributed by atoms with Gasteiger partial charge in [0.05, 0.1) is 0 Å². The van der Waals surface area contributed by atoms with Gasteiger partial charge in [0.25, 0.3) is 0 Å². The van der Waals surface area contributed by atoms with Gasteiger partial charge in [0.15, 0.2) is 5.17 Å². The number of nitrogens with zero attached hydrogens (tertiary/aromatic N) is 2. The number of carbonyl (C=O) groups is 1. The molecule has 1 N–H and O–H groups in total. The predicted molar refractivity (Wildman–Crippen MR) is 86.2 cm³/mol. The summed E-state index contributed by atoms with van der Waals surface area (Å²) >= 11 is 1.79. The van der Waals surface area contributed by atoms with Crippen LogP contribution >= 0.6 is 11.8 Å². The van der Waals surface area contributed by atoms with Gasteiger partial charge >= 0.3 is 0 Å². The molecule has 0 aromatic rings. The van der Waals surface area contributed by atoms with E-state index in [1.54, 1.807) is 11.8 Å². The lowest BCUT2D eigenvalue weighted by molar-refractivity contribution is -0.129. The Kier molecular flexibility index (Phi) is 5.35. The maximum Gasteiger partial charge on any atom is 0.244 e. The van der Waals surface area contributed by atoms with E-state index in [0.717, 1.165) is 29.9 Å². The van der Waals surface area contributed by atoms with Crippen molar-refractivity contribution in [3.8, 4) is 0 Å². The number of aliphatic imine (C=N–C) groups is 1. The molecule has 0 radical (unpaired) electrons. The van der Waals surface area contributed by atoms with Crippen molar-refractivity contribution in [1.82, 2.24) is 10.2 Å². The van der Waals surface area contributed by atoms with Crippen molar-refractivity contribution in [3.63, 3.8) is 0 Å². The van der Waals surface area contributed by atoms with Crippen molar-refractivity contribution in [2.24, 2.45) is 10.9 Å². The van der Waals surface area contributed by atoms with Crippen LogP contribution in [0, 0.1) is 5.92 Å². The van der Waals surface area contributed by atoms with Crippen LogP contribution in [0.1, 0.15) is 46.5 Å². The molecule has 1 saturated heterocycles. The quantitative estimate of drug-likeness (QED) is 0.867. The highest BCUT2D eigenvalue weighted by molar-refractivity contribution is 8.14. The molecule has 2 fully saturated rings. The van der Waals surface area contributed by atoms with Crippen LogP contribution < -0.4 is 5.32 Å². The number of likely N-dealkylation sites (N-methyl/N-ethyl adjacent to an activating group) is 1. The fraction of sp³-hybridized carbons (Fsp3) is 0.867. The number of hydrogen-bond acceptors (Lipinski definition) is 3. The van der Waals surface area contributed by atoms with E-state index in [1.165, 1.54) is 25.7 Å². The molecule has 1 aliphatic heterocycles. The number of amides is 1. The van der Waals surface area contributed by atoms with E-state index in [-0.39, 0.29) is 18.0 Å². The average Bonchev–Trinajstić information content (AvgIpc) is 2.80. The van der Waals surface area contributed by atoms with Gasteiger partial charge in [0, 0.05) is 24.4 Å². The zero-order chi connectivity index (χ0) is 14.6. The standard InChI is InChI=1S/C15H27N3OS/c1-4-18(5-2)13(19)10-16-14-17-15(11-20-14)8-6-7-12(3)9-15/h12H,4-11H2,1-3H3,(H,16,17). The first-order chi connectivity index (χ1) is 9.58. The van der Waals surface area contributed by atoms with Crippen LogP contribution in [-0.2, 0) is 4.79 Å². The lowest BCUT2D eigenvalue weighted by Gasteiger charge is -2.36. The second-order valence-electron chi connectivity index (χ2n) is 6.08. The summed E-state index contributed by atoms with van der Waals surface area (Å²) in [6.45, 7) is 8.17. The molecule has 0 bridgehead atoms. The van der Waals surface area contributed by atoms with E-state index >= 15 is 0 Å². The molecule has 2 aliphatic rings. The van der Waals surface area contributed by atoms with E-state index in [9.17, 15) is 4.79 Å². The topological polar surface area (TPSA) is 44.7 Å². The maximum absolute atomic E-state index is 12.0. The van der Waals surface area contributed by atoms with Crippen LogP contribution in [-0.4, -0.2) is 46.9 Å². The fourth-order valence-electron chi connectivity index (χ4n) is 3.31. The van der Waals surface area contributed by atoms with Crippen molar-refractivity contribution in [2.75, 3.05) is 25.4 Å². The van der Waals surface area contributed by atoms with Crippen molar-refractivity contribution in [2.45, 2.75) is 52.0 Å². The highest BCUT2D eigenvalue weighted by atomic mass is 32.2. The Bertz CT molecular complexity index is 381.